The highest BCUT2D eigenvalue weighted by atomic mass is 79.9. The Labute approximate surface area is 130 Å². The highest BCUT2D eigenvalue weighted by Crippen LogP contribution is 2.24. The van der Waals surface area contributed by atoms with Crippen LogP contribution in [0, 0.1) is 11.3 Å². The molecule has 4 heteroatoms. The summed E-state index contributed by atoms with van der Waals surface area (Å²) in [6, 6.07) is 7.59. The van der Waals surface area contributed by atoms with Gasteiger partial charge in [-0.05, 0) is 25.0 Å². The van der Waals surface area contributed by atoms with Crippen LogP contribution in [-0.4, -0.2) is 18.5 Å². The first-order chi connectivity index (χ1) is 9.81. The molecule has 1 aromatic carbocycles. The third-order valence-corrected chi connectivity index (χ3v) is 3.43. The Kier molecular flexibility index (Phi) is 8.90. The molecule has 0 N–H and O–H groups in total. The predicted molar refractivity (Wildman–Crippen MR) is 84.7 cm³/mol. The lowest BCUT2D eigenvalue weighted by Gasteiger charge is -2.10. The summed E-state index contributed by atoms with van der Waals surface area (Å²) in [5.41, 5.74) is 0.533. The topological polar surface area (TPSA) is 42.2 Å². The molecule has 0 radical (unpaired) electrons. The third-order valence-electron chi connectivity index (χ3n) is 2.87. The Morgan fingerprint density at radius 3 is 2.60 bits per heavy atom. The Hall–Kier alpha value is -1.21. The minimum absolute atomic E-state index is 0.533. The van der Waals surface area contributed by atoms with Crippen molar-refractivity contribution in [3.05, 3.63) is 23.8 Å². The molecule has 3 nitrogen and oxygen atoms in total. The van der Waals surface area contributed by atoms with Gasteiger partial charge < -0.3 is 9.47 Å². The van der Waals surface area contributed by atoms with Gasteiger partial charge in [-0.3, -0.25) is 0 Å². The molecule has 0 unspecified atom stereocenters. The summed E-state index contributed by atoms with van der Waals surface area (Å²) in [5.74, 6) is 1.37. The lowest BCUT2D eigenvalue weighted by Crippen LogP contribution is -2.01. The fraction of sp³-hybridized carbons (Fsp3) is 0.562. The van der Waals surface area contributed by atoms with Crippen LogP contribution in [0.5, 0.6) is 11.5 Å². The van der Waals surface area contributed by atoms with Gasteiger partial charge in [0.1, 0.15) is 17.6 Å². The zero-order valence-electron chi connectivity index (χ0n) is 12.0. The molecule has 0 spiro atoms. The van der Waals surface area contributed by atoms with E-state index in [1.54, 1.807) is 6.07 Å². The molecule has 0 amide bonds. The van der Waals surface area contributed by atoms with Gasteiger partial charge >= 0.3 is 0 Å². The average Bonchev–Trinajstić information content (AvgIpc) is 2.48. The van der Waals surface area contributed by atoms with Gasteiger partial charge in [-0.15, -0.1) is 0 Å². The Morgan fingerprint density at radius 2 is 1.90 bits per heavy atom. The lowest BCUT2D eigenvalue weighted by atomic mass is 10.2. The largest absolute Gasteiger partial charge is 0.494 e. The molecule has 1 rings (SSSR count). The molecule has 0 aromatic heterocycles. The van der Waals surface area contributed by atoms with E-state index >= 15 is 0 Å². The number of hydrogen-bond acceptors (Lipinski definition) is 3. The number of rotatable bonds is 10. The van der Waals surface area contributed by atoms with Crippen molar-refractivity contribution in [2.24, 2.45) is 0 Å². The summed E-state index contributed by atoms with van der Waals surface area (Å²) in [6.45, 7) is 3.50. The van der Waals surface area contributed by atoms with Crippen LogP contribution in [-0.2, 0) is 0 Å². The molecule has 0 fully saturated rings. The van der Waals surface area contributed by atoms with Crippen LogP contribution < -0.4 is 9.47 Å². The molecule has 0 bridgehead atoms. The second-order valence-electron chi connectivity index (χ2n) is 4.57. The molecule has 0 aliphatic heterocycles. The Balaban J connectivity index is 2.47. The summed E-state index contributed by atoms with van der Waals surface area (Å²) in [7, 11) is 0. The van der Waals surface area contributed by atoms with E-state index in [0.29, 0.717) is 24.5 Å². The number of alkyl halides is 1. The molecule has 20 heavy (non-hydrogen) atoms. The van der Waals surface area contributed by atoms with Gasteiger partial charge in [0.05, 0.1) is 18.8 Å². The van der Waals surface area contributed by atoms with Gasteiger partial charge in [-0.25, -0.2) is 0 Å². The van der Waals surface area contributed by atoms with Crippen molar-refractivity contribution >= 4 is 15.9 Å². The number of unbranched alkanes of at least 4 members (excludes halogenated alkanes) is 3. The van der Waals surface area contributed by atoms with E-state index in [1.165, 1.54) is 19.3 Å². The van der Waals surface area contributed by atoms with Gasteiger partial charge in [0.2, 0.25) is 0 Å². The maximum absolute atomic E-state index is 9.15. The van der Waals surface area contributed by atoms with E-state index in [4.69, 9.17) is 14.7 Å². The first kappa shape index (κ1) is 16.8. The normalized spacial score (nSPS) is 10.1. The first-order valence-electron chi connectivity index (χ1n) is 7.17. The second kappa shape index (κ2) is 10.6. The zero-order valence-corrected chi connectivity index (χ0v) is 13.6. The van der Waals surface area contributed by atoms with Gasteiger partial charge in [0.25, 0.3) is 0 Å². The van der Waals surface area contributed by atoms with E-state index in [2.05, 4.69) is 28.9 Å². The van der Waals surface area contributed by atoms with Crippen molar-refractivity contribution in [2.75, 3.05) is 18.5 Å². The molecule has 1 aromatic rings. The van der Waals surface area contributed by atoms with E-state index in [0.717, 1.165) is 23.9 Å². The molecule has 0 aliphatic rings. The van der Waals surface area contributed by atoms with Crippen LogP contribution in [0.2, 0.25) is 0 Å². The maximum Gasteiger partial charge on any atom is 0.137 e. The van der Waals surface area contributed by atoms with Crippen molar-refractivity contribution < 1.29 is 9.47 Å². The van der Waals surface area contributed by atoms with Crippen LogP contribution >= 0.6 is 15.9 Å². The fourth-order valence-corrected chi connectivity index (χ4v) is 2.00. The molecule has 110 valence electrons. The molecular weight excluding hydrogens is 318 g/mol. The van der Waals surface area contributed by atoms with Gasteiger partial charge in [0.15, 0.2) is 0 Å². The monoisotopic (exact) mass is 339 g/mol. The second-order valence-corrected chi connectivity index (χ2v) is 5.36. The van der Waals surface area contributed by atoms with E-state index in [1.807, 2.05) is 12.1 Å². The number of nitriles is 1. The summed E-state index contributed by atoms with van der Waals surface area (Å²) in [5, 5.41) is 10.0. The molecule has 0 atom stereocenters. The zero-order chi connectivity index (χ0) is 14.6. The Bertz CT molecular complexity index is 429. The first-order valence-corrected chi connectivity index (χ1v) is 8.29. The minimum Gasteiger partial charge on any atom is -0.494 e. The molecule has 0 aliphatic carbocycles. The van der Waals surface area contributed by atoms with Crippen molar-refractivity contribution in [2.45, 2.75) is 39.0 Å². The number of halogens is 1. The Morgan fingerprint density at radius 1 is 1.10 bits per heavy atom. The number of nitrogens with zero attached hydrogens (tertiary/aromatic N) is 1. The van der Waals surface area contributed by atoms with E-state index in [-0.39, 0.29) is 0 Å². The van der Waals surface area contributed by atoms with Crippen LogP contribution in [0.15, 0.2) is 18.2 Å². The molecule has 0 heterocycles. The fourth-order valence-electron chi connectivity index (χ4n) is 1.77. The van der Waals surface area contributed by atoms with Gasteiger partial charge in [-0.2, -0.15) is 5.26 Å². The minimum atomic E-state index is 0.533. The van der Waals surface area contributed by atoms with Crippen LogP contribution in [0.4, 0.5) is 0 Å². The third kappa shape index (κ3) is 6.29. The van der Waals surface area contributed by atoms with Crippen LogP contribution in [0.3, 0.4) is 0 Å². The SMILES string of the molecule is CCCCCCOc1ccc(OCCCBr)c(C#N)c1. The summed E-state index contributed by atoms with van der Waals surface area (Å²) in [6.07, 6.45) is 5.63. The van der Waals surface area contributed by atoms with Crippen LogP contribution in [0.25, 0.3) is 0 Å². The van der Waals surface area contributed by atoms with E-state index in [9.17, 15) is 0 Å². The predicted octanol–water partition coefficient (Wildman–Crippen LogP) is 4.68. The standard InChI is InChI=1S/C16H22BrNO2/c1-2-3-4-5-10-19-15-7-8-16(14(12-15)13-18)20-11-6-9-17/h7-8,12H,2-6,9-11H2,1H3. The summed E-state index contributed by atoms with van der Waals surface area (Å²) in [4.78, 5) is 0. The smallest absolute Gasteiger partial charge is 0.137 e. The highest BCUT2D eigenvalue weighted by molar-refractivity contribution is 9.09. The number of benzene rings is 1. The van der Waals surface area contributed by atoms with Crippen molar-refractivity contribution in [3.63, 3.8) is 0 Å². The summed E-state index contributed by atoms with van der Waals surface area (Å²) < 4.78 is 11.2. The number of hydrogen-bond donors (Lipinski definition) is 0. The average molecular weight is 340 g/mol. The molecule has 0 saturated heterocycles. The molecule has 0 saturated carbocycles. The van der Waals surface area contributed by atoms with Crippen molar-refractivity contribution in [3.8, 4) is 17.6 Å². The number of ether oxygens (including phenoxy) is 2. The van der Waals surface area contributed by atoms with E-state index < -0.39 is 0 Å². The lowest BCUT2D eigenvalue weighted by molar-refractivity contribution is 0.300. The maximum atomic E-state index is 9.15. The summed E-state index contributed by atoms with van der Waals surface area (Å²) >= 11 is 3.35. The highest BCUT2D eigenvalue weighted by Gasteiger charge is 2.05. The van der Waals surface area contributed by atoms with Gasteiger partial charge in [-0.1, -0.05) is 42.1 Å². The molecular formula is C16H22BrNO2. The van der Waals surface area contributed by atoms with Gasteiger partial charge in [0, 0.05) is 11.4 Å². The van der Waals surface area contributed by atoms with Crippen molar-refractivity contribution in [1.82, 2.24) is 0 Å². The quantitative estimate of drug-likeness (QED) is 0.459. The van der Waals surface area contributed by atoms with Crippen molar-refractivity contribution in [1.29, 1.82) is 5.26 Å². The van der Waals surface area contributed by atoms with Crippen LogP contribution in [0.1, 0.15) is 44.6 Å².